The van der Waals surface area contributed by atoms with E-state index in [4.69, 9.17) is 4.74 Å². The molecule has 2 aromatic rings. The Morgan fingerprint density at radius 1 is 1.19 bits per heavy atom. The third-order valence-electron chi connectivity index (χ3n) is 3.37. The average molecular weight is 288 g/mol. The van der Waals surface area contributed by atoms with Gasteiger partial charge in [-0.05, 0) is 24.6 Å². The Hall–Kier alpha value is -2.21. The Morgan fingerprint density at radius 3 is 2.81 bits per heavy atom. The van der Waals surface area contributed by atoms with Gasteiger partial charge in [0.2, 0.25) is 5.88 Å². The second-order valence-corrected chi connectivity index (χ2v) is 4.99. The van der Waals surface area contributed by atoms with Gasteiger partial charge < -0.3 is 15.0 Å². The highest BCUT2D eigenvalue weighted by atomic mass is 19.1. The molecule has 1 aliphatic heterocycles. The molecule has 0 radical (unpaired) electrons. The number of hydrogen-bond donors (Lipinski definition) is 1. The van der Waals surface area contributed by atoms with Crippen molar-refractivity contribution in [2.45, 2.75) is 6.92 Å². The minimum Gasteiger partial charge on any atom is -0.436 e. The molecule has 0 amide bonds. The lowest BCUT2D eigenvalue weighted by molar-refractivity contribution is 0.425. The lowest BCUT2D eigenvalue weighted by Crippen LogP contribution is -2.43. The van der Waals surface area contributed by atoms with Crippen LogP contribution in [0.4, 0.5) is 10.2 Å². The monoisotopic (exact) mass is 288 g/mol. The zero-order valence-electron chi connectivity index (χ0n) is 11.8. The van der Waals surface area contributed by atoms with Crippen molar-refractivity contribution >= 4 is 5.82 Å². The molecule has 0 bridgehead atoms. The van der Waals surface area contributed by atoms with Gasteiger partial charge in [-0.3, -0.25) is 0 Å². The first-order valence-electron chi connectivity index (χ1n) is 6.94. The second-order valence-electron chi connectivity index (χ2n) is 4.99. The van der Waals surface area contributed by atoms with Gasteiger partial charge in [0.05, 0.1) is 0 Å². The topological polar surface area (TPSA) is 50.3 Å². The number of piperazine rings is 1. The van der Waals surface area contributed by atoms with Gasteiger partial charge in [-0.25, -0.2) is 14.4 Å². The van der Waals surface area contributed by atoms with Gasteiger partial charge in [-0.15, -0.1) is 0 Å². The fourth-order valence-corrected chi connectivity index (χ4v) is 2.25. The Bertz CT molecular complexity index is 629. The van der Waals surface area contributed by atoms with Crippen molar-refractivity contribution in [3.63, 3.8) is 0 Å². The van der Waals surface area contributed by atoms with Gasteiger partial charge in [0.1, 0.15) is 12.1 Å². The van der Waals surface area contributed by atoms with E-state index in [1.165, 1.54) is 12.4 Å². The smallest absolute Gasteiger partial charge is 0.224 e. The van der Waals surface area contributed by atoms with Crippen LogP contribution in [0.2, 0.25) is 0 Å². The maximum Gasteiger partial charge on any atom is 0.224 e. The molecule has 6 heteroatoms. The number of anilines is 1. The lowest BCUT2D eigenvalue weighted by atomic mass is 10.2. The molecule has 0 unspecified atom stereocenters. The molecule has 0 spiro atoms. The Labute approximate surface area is 122 Å². The Kier molecular flexibility index (Phi) is 3.96. The SMILES string of the molecule is Cc1ccc(F)c(Oc2cc(N3CCNCC3)ncn2)c1. The first-order valence-corrected chi connectivity index (χ1v) is 6.94. The molecule has 1 fully saturated rings. The highest BCUT2D eigenvalue weighted by Crippen LogP contribution is 2.25. The predicted molar refractivity (Wildman–Crippen MR) is 78.3 cm³/mol. The molecular formula is C15H17FN4O. The molecule has 5 nitrogen and oxygen atoms in total. The van der Waals surface area contributed by atoms with E-state index in [0.29, 0.717) is 5.88 Å². The highest BCUT2D eigenvalue weighted by molar-refractivity contribution is 5.42. The van der Waals surface area contributed by atoms with Gasteiger partial charge >= 0.3 is 0 Å². The van der Waals surface area contributed by atoms with Gasteiger partial charge in [0.15, 0.2) is 11.6 Å². The third-order valence-corrected chi connectivity index (χ3v) is 3.37. The molecule has 3 rings (SSSR count). The first-order chi connectivity index (χ1) is 10.2. The second kappa shape index (κ2) is 6.05. The number of aryl methyl sites for hydroxylation is 1. The molecular weight excluding hydrogens is 271 g/mol. The predicted octanol–water partition coefficient (Wildman–Crippen LogP) is 2.13. The summed E-state index contributed by atoms with van der Waals surface area (Å²) >= 11 is 0. The summed E-state index contributed by atoms with van der Waals surface area (Å²) < 4.78 is 19.3. The van der Waals surface area contributed by atoms with E-state index in [2.05, 4.69) is 20.2 Å². The van der Waals surface area contributed by atoms with Crippen LogP contribution in [0.15, 0.2) is 30.6 Å². The number of aromatic nitrogens is 2. The quantitative estimate of drug-likeness (QED) is 0.937. The highest BCUT2D eigenvalue weighted by Gasteiger charge is 2.13. The number of rotatable bonds is 3. The van der Waals surface area contributed by atoms with Gasteiger partial charge in [0.25, 0.3) is 0 Å². The average Bonchev–Trinajstić information content (AvgIpc) is 2.52. The van der Waals surface area contributed by atoms with Crippen LogP contribution in [0.5, 0.6) is 11.6 Å². The van der Waals surface area contributed by atoms with Crippen LogP contribution in [0, 0.1) is 12.7 Å². The fraction of sp³-hybridized carbons (Fsp3) is 0.333. The van der Waals surface area contributed by atoms with Crippen LogP contribution in [0.25, 0.3) is 0 Å². The summed E-state index contributed by atoms with van der Waals surface area (Å²) in [4.78, 5) is 10.5. The summed E-state index contributed by atoms with van der Waals surface area (Å²) in [5.74, 6) is 0.931. The van der Waals surface area contributed by atoms with Crippen molar-refractivity contribution in [2.24, 2.45) is 0 Å². The number of nitrogens with zero attached hydrogens (tertiary/aromatic N) is 3. The molecule has 0 atom stereocenters. The maximum atomic E-state index is 13.7. The summed E-state index contributed by atoms with van der Waals surface area (Å²) in [6.45, 7) is 5.50. The standard InChI is InChI=1S/C15H17FN4O/c1-11-2-3-12(16)13(8-11)21-15-9-14(18-10-19-15)20-6-4-17-5-7-20/h2-3,8-10,17H,4-7H2,1H3. The van der Waals surface area contributed by atoms with Crippen molar-refractivity contribution in [1.29, 1.82) is 0 Å². The van der Waals surface area contributed by atoms with E-state index in [-0.39, 0.29) is 5.75 Å². The van der Waals surface area contributed by atoms with Crippen molar-refractivity contribution in [3.05, 3.63) is 42.0 Å². The number of benzene rings is 1. The molecule has 0 aliphatic carbocycles. The van der Waals surface area contributed by atoms with Gasteiger partial charge in [-0.1, -0.05) is 6.07 Å². The van der Waals surface area contributed by atoms with Crippen LogP contribution in [-0.4, -0.2) is 36.1 Å². The van der Waals surface area contributed by atoms with Crippen LogP contribution in [-0.2, 0) is 0 Å². The molecule has 110 valence electrons. The number of nitrogens with one attached hydrogen (secondary N) is 1. The van der Waals surface area contributed by atoms with E-state index in [1.54, 1.807) is 18.2 Å². The van der Waals surface area contributed by atoms with E-state index >= 15 is 0 Å². The number of halogens is 1. The fourth-order valence-electron chi connectivity index (χ4n) is 2.25. The van der Waals surface area contributed by atoms with E-state index in [9.17, 15) is 4.39 Å². The normalized spacial score (nSPS) is 15.0. The molecule has 1 N–H and O–H groups in total. The number of hydrogen-bond acceptors (Lipinski definition) is 5. The molecule has 1 aromatic carbocycles. The molecule has 0 saturated carbocycles. The van der Waals surface area contributed by atoms with Gasteiger partial charge in [0, 0.05) is 32.2 Å². The van der Waals surface area contributed by atoms with Crippen molar-refractivity contribution in [2.75, 3.05) is 31.1 Å². The minimum absolute atomic E-state index is 0.181. The van der Waals surface area contributed by atoms with E-state index in [1.807, 2.05) is 6.92 Å². The van der Waals surface area contributed by atoms with E-state index < -0.39 is 5.82 Å². The Balaban J connectivity index is 1.81. The van der Waals surface area contributed by atoms with E-state index in [0.717, 1.165) is 37.6 Å². The van der Waals surface area contributed by atoms with Crippen LogP contribution >= 0.6 is 0 Å². The lowest BCUT2D eigenvalue weighted by Gasteiger charge is -2.28. The summed E-state index contributed by atoms with van der Waals surface area (Å²) in [6.07, 6.45) is 1.44. The molecule has 2 heterocycles. The Morgan fingerprint density at radius 2 is 2.00 bits per heavy atom. The molecule has 1 aliphatic rings. The largest absolute Gasteiger partial charge is 0.436 e. The summed E-state index contributed by atoms with van der Waals surface area (Å²) in [7, 11) is 0. The van der Waals surface area contributed by atoms with Crippen molar-refractivity contribution < 1.29 is 9.13 Å². The summed E-state index contributed by atoms with van der Waals surface area (Å²) in [5.41, 5.74) is 0.933. The molecule has 1 aromatic heterocycles. The minimum atomic E-state index is -0.400. The summed E-state index contributed by atoms with van der Waals surface area (Å²) in [5, 5.41) is 3.29. The zero-order valence-corrected chi connectivity index (χ0v) is 11.8. The van der Waals surface area contributed by atoms with Crippen molar-refractivity contribution in [1.82, 2.24) is 15.3 Å². The van der Waals surface area contributed by atoms with Crippen LogP contribution in [0.3, 0.4) is 0 Å². The molecule has 21 heavy (non-hydrogen) atoms. The number of ether oxygens (including phenoxy) is 1. The van der Waals surface area contributed by atoms with Crippen LogP contribution in [0.1, 0.15) is 5.56 Å². The third kappa shape index (κ3) is 3.28. The van der Waals surface area contributed by atoms with Gasteiger partial charge in [-0.2, -0.15) is 0 Å². The van der Waals surface area contributed by atoms with Crippen LogP contribution < -0.4 is 15.0 Å². The zero-order chi connectivity index (χ0) is 14.7. The molecule has 1 saturated heterocycles. The maximum absolute atomic E-state index is 13.7. The van der Waals surface area contributed by atoms with Crippen molar-refractivity contribution in [3.8, 4) is 11.6 Å². The first kappa shape index (κ1) is 13.8. The summed E-state index contributed by atoms with van der Waals surface area (Å²) in [6, 6.07) is 6.49.